The van der Waals surface area contributed by atoms with Crippen LogP contribution in [0.25, 0.3) is 0 Å². The first-order valence-electron chi connectivity index (χ1n) is 4.58. The van der Waals surface area contributed by atoms with E-state index in [-0.39, 0.29) is 0 Å². The van der Waals surface area contributed by atoms with Gasteiger partial charge in [-0.2, -0.15) is 0 Å². The lowest BCUT2D eigenvalue weighted by Gasteiger charge is -2.16. The van der Waals surface area contributed by atoms with Crippen molar-refractivity contribution in [2.24, 2.45) is 0 Å². The van der Waals surface area contributed by atoms with Crippen molar-refractivity contribution in [2.75, 3.05) is 0 Å². The molecular formula is C11H12NS. The Bertz CT molecular complexity index is 279. The third kappa shape index (κ3) is 2.28. The van der Waals surface area contributed by atoms with Crippen LogP contribution in [0.1, 0.15) is 18.4 Å². The Hall–Kier alpha value is -0.890. The number of rotatable bonds is 4. The van der Waals surface area contributed by atoms with E-state index in [9.17, 15) is 0 Å². The summed E-state index contributed by atoms with van der Waals surface area (Å²) in [6.45, 7) is 0.912. The molecule has 1 fully saturated rings. The van der Waals surface area contributed by atoms with Crippen molar-refractivity contribution in [1.82, 2.24) is 4.90 Å². The van der Waals surface area contributed by atoms with E-state index in [4.69, 9.17) is 12.2 Å². The SMILES string of the molecule is S=[C]N(Cc1ccccc1)C1CC1. The average Bonchev–Trinajstić information content (AvgIpc) is 2.99. The first kappa shape index (κ1) is 8.70. The van der Waals surface area contributed by atoms with Gasteiger partial charge in [0.2, 0.25) is 0 Å². The van der Waals surface area contributed by atoms with Gasteiger partial charge in [-0.1, -0.05) is 42.5 Å². The van der Waals surface area contributed by atoms with E-state index in [1.54, 1.807) is 0 Å². The fraction of sp³-hybridized carbons (Fsp3) is 0.364. The van der Waals surface area contributed by atoms with Gasteiger partial charge in [0.25, 0.3) is 0 Å². The molecule has 0 heterocycles. The standard InChI is InChI=1S/C11H12NS/c13-9-12(11-6-7-11)8-10-4-2-1-3-5-10/h1-5,11H,6-8H2. The zero-order chi connectivity index (χ0) is 9.10. The van der Waals surface area contributed by atoms with E-state index >= 15 is 0 Å². The van der Waals surface area contributed by atoms with Crippen LogP contribution in [0.15, 0.2) is 30.3 Å². The zero-order valence-corrected chi connectivity index (χ0v) is 8.26. The Morgan fingerprint density at radius 2 is 2.00 bits per heavy atom. The van der Waals surface area contributed by atoms with E-state index in [0.717, 1.165) is 6.54 Å². The summed E-state index contributed by atoms with van der Waals surface area (Å²) in [6.07, 6.45) is 2.55. The summed E-state index contributed by atoms with van der Waals surface area (Å²) in [4.78, 5) is 2.13. The molecule has 1 aromatic rings. The van der Waals surface area contributed by atoms with Crippen LogP contribution in [-0.4, -0.2) is 16.4 Å². The van der Waals surface area contributed by atoms with Crippen molar-refractivity contribution in [1.29, 1.82) is 0 Å². The molecule has 1 aromatic carbocycles. The van der Waals surface area contributed by atoms with Crippen LogP contribution in [0.5, 0.6) is 0 Å². The molecule has 0 atom stereocenters. The molecule has 1 radical (unpaired) electrons. The fourth-order valence-electron chi connectivity index (χ4n) is 1.40. The van der Waals surface area contributed by atoms with Crippen LogP contribution in [-0.2, 0) is 6.54 Å². The smallest absolute Gasteiger partial charge is 0.137 e. The van der Waals surface area contributed by atoms with Gasteiger partial charge in [0.15, 0.2) is 0 Å². The Morgan fingerprint density at radius 1 is 1.31 bits per heavy atom. The van der Waals surface area contributed by atoms with Crippen molar-refractivity contribution < 1.29 is 0 Å². The van der Waals surface area contributed by atoms with Crippen molar-refractivity contribution in [3.63, 3.8) is 0 Å². The van der Waals surface area contributed by atoms with Gasteiger partial charge in [-0.05, 0) is 18.4 Å². The number of nitrogens with zero attached hydrogens (tertiary/aromatic N) is 1. The maximum absolute atomic E-state index is 4.86. The van der Waals surface area contributed by atoms with E-state index in [1.807, 2.05) is 6.07 Å². The Morgan fingerprint density at radius 3 is 2.54 bits per heavy atom. The molecule has 13 heavy (non-hydrogen) atoms. The fourth-order valence-corrected chi connectivity index (χ4v) is 1.62. The summed E-state index contributed by atoms with van der Waals surface area (Å²) >= 11 is 4.86. The summed E-state index contributed by atoms with van der Waals surface area (Å²) < 4.78 is 0. The molecule has 0 bridgehead atoms. The first-order valence-corrected chi connectivity index (χ1v) is 4.99. The molecule has 2 heteroatoms. The monoisotopic (exact) mass is 190 g/mol. The molecule has 0 N–H and O–H groups in total. The normalized spacial score (nSPS) is 15.4. The highest BCUT2D eigenvalue weighted by Crippen LogP contribution is 2.26. The number of benzene rings is 1. The van der Waals surface area contributed by atoms with Gasteiger partial charge in [-0.3, -0.25) is 0 Å². The van der Waals surface area contributed by atoms with Crippen LogP contribution >= 0.6 is 12.2 Å². The summed E-state index contributed by atoms with van der Waals surface area (Å²) in [5, 5.41) is 0. The van der Waals surface area contributed by atoms with E-state index < -0.39 is 0 Å². The van der Waals surface area contributed by atoms with Crippen LogP contribution in [0.3, 0.4) is 0 Å². The van der Waals surface area contributed by atoms with Gasteiger partial charge in [-0.25, -0.2) is 0 Å². The molecule has 0 aromatic heterocycles. The van der Waals surface area contributed by atoms with Gasteiger partial charge in [0.05, 0.1) is 0 Å². The molecule has 0 spiro atoms. The minimum atomic E-state index is 0.665. The second-order valence-corrected chi connectivity index (χ2v) is 3.62. The van der Waals surface area contributed by atoms with Crippen LogP contribution < -0.4 is 0 Å². The van der Waals surface area contributed by atoms with Crippen molar-refractivity contribution in [3.8, 4) is 0 Å². The summed E-state index contributed by atoms with van der Waals surface area (Å²) in [6, 6.07) is 11.1. The van der Waals surface area contributed by atoms with Gasteiger partial charge >= 0.3 is 0 Å². The largest absolute Gasteiger partial charge is 0.353 e. The second-order valence-electron chi connectivity index (χ2n) is 3.44. The minimum absolute atomic E-state index is 0.665. The van der Waals surface area contributed by atoms with Gasteiger partial charge in [0, 0.05) is 12.6 Å². The van der Waals surface area contributed by atoms with E-state index in [1.165, 1.54) is 18.4 Å². The highest BCUT2D eigenvalue weighted by molar-refractivity contribution is 7.78. The number of hydrogen-bond acceptors (Lipinski definition) is 1. The molecule has 1 aliphatic rings. The second kappa shape index (κ2) is 3.88. The molecule has 1 nitrogen and oxygen atoms in total. The van der Waals surface area contributed by atoms with Crippen molar-refractivity contribution in [2.45, 2.75) is 25.4 Å². The molecule has 67 valence electrons. The summed E-state index contributed by atoms with van der Waals surface area (Å²) in [5.74, 6) is 0. The lowest BCUT2D eigenvalue weighted by molar-refractivity contribution is 0.422. The third-order valence-corrected chi connectivity index (χ3v) is 2.54. The van der Waals surface area contributed by atoms with Gasteiger partial charge in [0.1, 0.15) is 5.49 Å². The molecule has 0 unspecified atom stereocenters. The van der Waals surface area contributed by atoms with Gasteiger partial charge in [-0.15, -0.1) is 0 Å². The molecule has 1 saturated carbocycles. The topological polar surface area (TPSA) is 3.24 Å². The Kier molecular flexibility index (Phi) is 2.60. The number of hydrogen-bond donors (Lipinski definition) is 0. The summed E-state index contributed by atoms with van der Waals surface area (Å²) in [5.41, 5.74) is 4.14. The molecule has 1 aliphatic carbocycles. The van der Waals surface area contributed by atoms with Crippen LogP contribution in [0, 0.1) is 0 Å². The van der Waals surface area contributed by atoms with Crippen molar-refractivity contribution in [3.05, 3.63) is 35.9 Å². The van der Waals surface area contributed by atoms with Crippen LogP contribution in [0.4, 0.5) is 0 Å². The number of thiocarbonyl (C=S) groups is 1. The van der Waals surface area contributed by atoms with Crippen LogP contribution in [0.2, 0.25) is 0 Å². The maximum atomic E-state index is 4.86. The zero-order valence-electron chi connectivity index (χ0n) is 7.44. The first-order chi connectivity index (χ1) is 6.40. The molecule has 0 amide bonds. The predicted molar refractivity (Wildman–Crippen MR) is 57.6 cm³/mol. The Balaban J connectivity index is 1.99. The highest BCUT2D eigenvalue weighted by Gasteiger charge is 2.27. The lowest BCUT2D eigenvalue weighted by atomic mass is 10.2. The third-order valence-electron chi connectivity index (χ3n) is 2.30. The average molecular weight is 190 g/mol. The minimum Gasteiger partial charge on any atom is -0.353 e. The lowest BCUT2D eigenvalue weighted by Crippen LogP contribution is -2.22. The van der Waals surface area contributed by atoms with Gasteiger partial charge < -0.3 is 4.90 Å². The molecule has 0 aliphatic heterocycles. The van der Waals surface area contributed by atoms with Crippen molar-refractivity contribution >= 4 is 17.7 Å². The van der Waals surface area contributed by atoms with E-state index in [0.29, 0.717) is 6.04 Å². The van der Waals surface area contributed by atoms with E-state index in [2.05, 4.69) is 34.7 Å². The Labute approximate surface area is 84.4 Å². The summed E-state index contributed by atoms with van der Waals surface area (Å²) in [7, 11) is 0. The molecular weight excluding hydrogens is 178 g/mol. The quantitative estimate of drug-likeness (QED) is 0.530. The molecule has 0 saturated heterocycles. The maximum Gasteiger partial charge on any atom is 0.137 e. The highest BCUT2D eigenvalue weighted by atomic mass is 32.1. The molecule has 2 rings (SSSR count). The predicted octanol–water partition coefficient (Wildman–Crippen LogP) is 2.49.